The molecule has 0 bridgehead atoms. The third-order valence-electron chi connectivity index (χ3n) is 3.39. The third kappa shape index (κ3) is 3.62. The van der Waals surface area contributed by atoms with Gasteiger partial charge in [-0.05, 0) is 36.0 Å². The van der Waals surface area contributed by atoms with Gasteiger partial charge in [-0.25, -0.2) is 0 Å². The molecule has 0 aromatic heterocycles. The number of anilines is 1. The lowest BCUT2D eigenvalue weighted by Crippen LogP contribution is -2.07. The van der Waals surface area contributed by atoms with E-state index in [-0.39, 0.29) is 0 Å². The molecule has 1 aromatic carbocycles. The lowest BCUT2D eigenvalue weighted by Gasteiger charge is -2.23. The molecule has 0 unspecified atom stereocenters. The molecule has 1 heteroatoms. The normalized spacial score (nSPS) is 15.9. The number of hydrogen-bond acceptors (Lipinski definition) is 1. The maximum atomic E-state index is 6.08. The lowest BCUT2D eigenvalue weighted by molar-refractivity contribution is 0.444. The molecule has 1 nitrogen and oxygen atoms in total. The fourth-order valence-corrected chi connectivity index (χ4v) is 2.51. The summed E-state index contributed by atoms with van der Waals surface area (Å²) in [6.07, 6.45) is 8.55. The Labute approximate surface area is 106 Å². The van der Waals surface area contributed by atoms with Crippen LogP contribution >= 0.6 is 0 Å². The van der Waals surface area contributed by atoms with Crippen LogP contribution in [0.15, 0.2) is 24.8 Å². The van der Waals surface area contributed by atoms with Gasteiger partial charge in [0, 0.05) is 5.69 Å². The molecule has 0 amide bonds. The average molecular weight is 231 g/mol. The van der Waals surface area contributed by atoms with Crippen LogP contribution in [-0.4, -0.2) is 0 Å². The van der Waals surface area contributed by atoms with Gasteiger partial charge in [0.05, 0.1) is 0 Å². The van der Waals surface area contributed by atoms with Gasteiger partial charge in [0.25, 0.3) is 0 Å². The van der Waals surface area contributed by atoms with Crippen LogP contribution in [0.3, 0.4) is 0 Å². The molecule has 1 aliphatic carbocycles. The molecule has 2 rings (SSSR count). The molecule has 0 radical (unpaired) electrons. The first kappa shape index (κ1) is 13.8. The van der Waals surface area contributed by atoms with E-state index in [1.807, 2.05) is 26.0 Å². The average Bonchev–Trinajstić information content (AvgIpc) is 2.42. The quantitative estimate of drug-likeness (QED) is 0.713. The maximum absolute atomic E-state index is 6.08. The molecule has 94 valence electrons. The molecule has 1 fully saturated rings. The van der Waals surface area contributed by atoms with Crippen molar-refractivity contribution in [3.63, 3.8) is 0 Å². The van der Waals surface area contributed by atoms with Gasteiger partial charge in [0.15, 0.2) is 0 Å². The summed E-state index contributed by atoms with van der Waals surface area (Å²) in [5.74, 6) is 0.692. The van der Waals surface area contributed by atoms with Gasteiger partial charge in [-0.15, -0.1) is 0 Å². The highest BCUT2D eigenvalue weighted by atomic mass is 14.6. The number of hydrogen-bond donors (Lipinski definition) is 1. The van der Waals surface area contributed by atoms with Gasteiger partial charge >= 0.3 is 0 Å². The molecule has 17 heavy (non-hydrogen) atoms. The molecule has 2 N–H and O–H groups in total. The Morgan fingerprint density at radius 2 is 1.82 bits per heavy atom. The van der Waals surface area contributed by atoms with E-state index in [0.29, 0.717) is 5.92 Å². The van der Waals surface area contributed by atoms with Crippen LogP contribution in [0.5, 0.6) is 0 Å². The van der Waals surface area contributed by atoms with E-state index in [0.717, 1.165) is 11.3 Å². The van der Waals surface area contributed by atoms with Crippen LogP contribution in [0.25, 0.3) is 6.08 Å². The predicted molar refractivity (Wildman–Crippen MR) is 78.1 cm³/mol. The molecule has 0 atom stereocenters. The van der Waals surface area contributed by atoms with Crippen LogP contribution in [0.1, 0.15) is 63.0 Å². The fourth-order valence-electron chi connectivity index (χ4n) is 2.51. The topological polar surface area (TPSA) is 26.0 Å². The number of nitrogens with two attached hydrogens (primary N) is 1. The minimum absolute atomic E-state index is 0.692. The van der Waals surface area contributed by atoms with E-state index < -0.39 is 0 Å². The van der Waals surface area contributed by atoms with Crippen molar-refractivity contribution in [1.82, 2.24) is 0 Å². The van der Waals surface area contributed by atoms with Crippen molar-refractivity contribution >= 4 is 11.8 Å². The Morgan fingerprint density at radius 3 is 2.35 bits per heavy atom. The Kier molecular flexibility index (Phi) is 5.82. The number of nitrogen functional groups attached to an aromatic ring is 1. The summed E-state index contributed by atoms with van der Waals surface area (Å²) >= 11 is 0. The van der Waals surface area contributed by atoms with Crippen molar-refractivity contribution in [2.45, 2.75) is 51.9 Å². The van der Waals surface area contributed by atoms with E-state index in [1.165, 1.54) is 37.7 Å². The van der Waals surface area contributed by atoms with Gasteiger partial charge < -0.3 is 5.73 Å². The van der Waals surface area contributed by atoms with Crippen LogP contribution in [0.2, 0.25) is 0 Å². The predicted octanol–water partition coefficient (Wildman–Crippen LogP) is 4.99. The highest BCUT2D eigenvalue weighted by molar-refractivity contribution is 5.58. The maximum Gasteiger partial charge on any atom is 0.0355 e. The van der Waals surface area contributed by atoms with Crippen molar-refractivity contribution in [3.8, 4) is 0 Å². The van der Waals surface area contributed by atoms with Crippen molar-refractivity contribution in [2.24, 2.45) is 0 Å². The number of benzene rings is 1. The first-order valence-corrected chi connectivity index (χ1v) is 6.83. The fraction of sp³-hybridized carbons (Fsp3) is 0.500. The molecule has 0 saturated heterocycles. The first-order valence-electron chi connectivity index (χ1n) is 6.83. The lowest BCUT2D eigenvalue weighted by atomic mass is 9.83. The second-order valence-electron chi connectivity index (χ2n) is 4.43. The van der Waals surface area contributed by atoms with Crippen molar-refractivity contribution in [3.05, 3.63) is 35.9 Å². The Morgan fingerprint density at radius 1 is 1.18 bits per heavy atom. The molecule has 1 aromatic rings. The summed E-state index contributed by atoms with van der Waals surface area (Å²) in [5.41, 5.74) is 9.49. The zero-order valence-corrected chi connectivity index (χ0v) is 11.2. The van der Waals surface area contributed by atoms with Crippen molar-refractivity contribution in [2.75, 3.05) is 5.73 Å². The molecule has 0 spiro atoms. The molecular weight excluding hydrogens is 206 g/mol. The van der Waals surface area contributed by atoms with Crippen LogP contribution < -0.4 is 5.73 Å². The second-order valence-corrected chi connectivity index (χ2v) is 4.43. The van der Waals surface area contributed by atoms with E-state index in [9.17, 15) is 0 Å². The molecular formula is C16H25N. The summed E-state index contributed by atoms with van der Waals surface area (Å²) in [5, 5.41) is 0. The standard InChI is InChI=1S/C14H19N.C2H6/c1-2-11-8-9-13(14(15)10-11)12-6-4-3-5-7-12;1-2/h2,8-10,12H,1,3-7,15H2;1-2H3. The van der Waals surface area contributed by atoms with E-state index in [4.69, 9.17) is 5.73 Å². The van der Waals surface area contributed by atoms with Gasteiger partial charge in [0.2, 0.25) is 0 Å². The van der Waals surface area contributed by atoms with Gasteiger partial charge in [-0.3, -0.25) is 0 Å². The Hall–Kier alpha value is -1.24. The van der Waals surface area contributed by atoms with Gasteiger partial charge in [-0.2, -0.15) is 0 Å². The molecule has 1 saturated carbocycles. The van der Waals surface area contributed by atoms with Gasteiger partial charge in [-0.1, -0.05) is 57.9 Å². The smallest absolute Gasteiger partial charge is 0.0355 e. The summed E-state index contributed by atoms with van der Waals surface area (Å²) in [4.78, 5) is 0. The Balaban J connectivity index is 0.000000686. The SMILES string of the molecule is C=Cc1ccc(C2CCCCC2)c(N)c1.CC. The minimum atomic E-state index is 0.692. The van der Waals surface area contributed by atoms with Crippen molar-refractivity contribution in [1.29, 1.82) is 0 Å². The highest BCUT2D eigenvalue weighted by Gasteiger charge is 2.17. The summed E-state index contributed by atoms with van der Waals surface area (Å²) in [7, 11) is 0. The number of rotatable bonds is 2. The Bertz CT molecular complexity index is 349. The summed E-state index contributed by atoms with van der Waals surface area (Å²) in [6, 6.07) is 6.34. The monoisotopic (exact) mass is 231 g/mol. The molecule has 0 heterocycles. The third-order valence-corrected chi connectivity index (χ3v) is 3.39. The second kappa shape index (κ2) is 7.16. The summed E-state index contributed by atoms with van der Waals surface area (Å²) in [6.45, 7) is 7.76. The van der Waals surface area contributed by atoms with Gasteiger partial charge in [0.1, 0.15) is 0 Å². The van der Waals surface area contributed by atoms with E-state index >= 15 is 0 Å². The molecule has 0 aliphatic heterocycles. The largest absolute Gasteiger partial charge is 0.398 e. The highest BCUT2D eigenvalue weighted by Crippen LogP contribution is 2.35. The van der Waals surface area contributed by atoms with Crippen LogP contribution in [-0.2, 0) is 0 Å². The van der Waals surface area contributed by atoms with Crippen LogP contribution in [0.4, 0.5) is 5.69 Å². The van der Waals surface area contributed by atoms with E-state index in [2.05, 4.69) is 18.7 Å². The summed E-state index contributed by atoms with van der Waals surface area (Å²) < 4.78 is 0. The van der Waals surface area contributed by atoms with E-state index in [1.54, 1.807) is 0 Å². The van der Waals surface area contributed by atoms with Crippen LogP contribution in [0, 0.1) is 0 Å². The zero-order valence-electron chi connectivity index (χ0n) is 11.2. The molecule has 1 aliphatic rings. The zero-order chi connectivity index (χ0) is 12.7. The minimum Gasteiger partial charge on any atom is -0.398 e. The first-order chi connectivity index (χ1) is 8.31. The van der Waals surface area contributed by atoms with Crippen molar-refractivity contribution < 1.29 is 0 Å².